The minimum absolute atomic E-state index is 0.246. The van der Waals surface area contributed by atoms with E-state index in [9.17, 15) is 0 Å². The van der Waals surface area contributed by atoms with Crippen LogP contribution in [0.1, 0.15) is 19.3 Å². The third kappa shape index (κ3) is 3.09. The normalized spacial score (nSPS) is 20.5. The molecule has 72 valence electrons. The van der Waals surface area contributed by atoms with E-state index in [1.54, 1.807) is 7.11 Å². The lowest BCUT2D eigenvalue weighted by molar-refractivity contribution is 0.0480. The fourth-order valence-corrected chi connectivity index (χ4v) is 1.37. The first kappa shape index (κ1) is 9.96. The van der Waals surface area contributed by atoms with Gasteiger partial charge in [-0.25, -0.2) is 0 Å². The van der Waals surface area contributed by atoms with E-state index in [0.717, 1.165) is 0 Å². The Morgan fingerprint density at radius 3 is 2.67 bits per heavy atom. The number of hydrogen-bond donors (Lipinski definition) is 1. The molecule has 0 bridgehead atoms. The van der Waals surface area contributed by atoms with Crippen LogP contribution in [0.5, 0.6) is 0 Å². The Bertz CT molecular complexity index is 115. The molecule has 3 nitrogen and oxygen atoms in total. The Labute approximate surface area is 74.2 Å². The Balaban J connectivity index is 1.91. The zero-order valence-electron chi connectivity index (χ0n) is 7.79. The topological polar surface area (TPSA) is 44.5 Å². The van der Waals surface area contributed by atoms with Crippen molar-refractivity contribution >= 4 is 0 Å². The van der Waals surface area contributed by atoms with Crippen molar-refractivity contribution in [1.82, 2.24) is 0 Å². The molecule has 0 radical (unpaired) electrons. The zero-order chi connectivity index (χ0) is 8.81. The molecular formula is C9H19NO2. The molecule has 1 fully saturated rings. The lowest BCUT2D eigenvalue weighted by atomic mass is 9.80. The van der Waals surface area contributed by atoms with Gasteiger partial charge in [0.25, 0.3) is 0 Å². The van der Waals surface area contributed by atoms with Gasteiger partial charge in [0, 0.05) is 13.2 Å². The Morgan fingerprint density at radius 1 is 1.42 bits per heavy atom. The summed E-state index contributed by atoms with van der Waals surface area (Å²) in [5, 5.41) is 0. The monoisotopic (exact) mass is 173 g/mol. The molecule has 1 aliphatic rings. The summed E-state index contributed by atoms with van der Waals surface area (Å²) >= 11 is 0. The van der Waals surface area contributed by atoms with Crippen LogP contribution in [-0.4, -0.2) is 33.0 Å². The highest BCUT2D eigenvalue weighted by atomic mass is 16.5. The van der Waals surface area contributed by atoms with Crippen molar-refractivity contribution in [3.63, 3.8) is 0 Å². The van der Waals surface area contributed by atoms with Crippen molar-refractivity contribution in [3.8, 4) is 0 Å². The van der Waals surface area contributed by atoms with E-state index < -0.39 is 0 Å². The molecule has 0 aromatic carbocycles. The summed E-state index contributed by atoms with van der Waals surface area (Å²) in [6.45, 7) is 2.02. The van der Waals surface area contributed by atoms with Gasteiger partial charge >= 0.3 is 0 Å². The van der Waals surface area contributed by atoms with Crippen LogP contribution in [0.3, 0.4) is 0 Å². The standard InChI is InChI=1S/C9H19NO2/c1-11-5-6-12-7-9(10)8-3-2-4-8/h8-9H,2-7,10H2,1H3. The number of nitrogens with two attached hydrogens (primary N) is 1. The van der Waals surface area contributed by atoms with Gasteiger partial charge in [-0.3, -0.25) is 0 Å². The first-order valence-corrected chi connectivity index (χ1v) is 4.67. The molecule has 3 heteroatoms. The lowest BCUT2D eigenvalue weighted by Gasteiger charge is -2.30. The minimum atomic E-state index is 0.246. The van der Waals surface area contributed by atoms with Gasteiger partial charge in [0.15, 0.2) is 0 Å². The van der Waals surface area contributed by atoms with Crippen LogP contribution >= 0.6 is 0 Å². The van der Waals surface area contributed by atoms with Gasteiger partial charge in [0.2, 0.25) is 0 Å². The molecule has 1 aliphatic carbocycles. The summed E-state index contributed by atoms with van der Waals surface area (Å²) in [7, 11) is 1.68. The molecule has 2 N–H and O–H groups in total. The first-order chi connectivity index (χ1) is 5.84. The molecule has 0 saturated heterocycles. The quantitative estimate of drug-likeness (QED) is 0.604. The number of ether oxygens (including phenoxy) is 2. The van der Waals surface area contributed by atoms with Crippen molar-refractivity contribution in [2.75, 3.05) is 26.9 Å². The molecule has 0 aromatic heterocycles. The van der Waals surface area contributed by atoms with E-state index in [-0.39, 0.29) is 6.04 Å². The molecule has 1 saturated carbocycles. The number of methoxy groups -OCH3 is 1. The van der Waals surface area contributed by atoms with E-state index in [2.05, 4.69) is 0 Å². The average molecular weight is 173 g/mol. The second-order valence-corrected chi connectivity index (χ2v) is 3.42. The van der Waals surface area contributed by atoms with Crippen LogP contribution in [0.4, 0.5) is 0 Å². The van der Waals surface area contributed by atoms with Crippen LogP contribution < -0.4 is 5.73 Å². The molecule has 0 aliphatic heterocycles. The van der Waals surface area contributed by atoms with Crippen LogP contribution in [0.15, 0.2) is 0 Å². The molecule has 1 unspecified atom stereocenters. The van der Waals surface area contributed by atoms with Gasteiger partial charge in [0.1, 0.15) is 0 Å². The minimum Gasteiger partial charge on any atom is -0.382 e. The maximum atomic E-state index is 5.90. The lowest BCUT2D eigenvalue weighted by Crippen LogP contribution is -2.38. The Kier molecular flexibility index (Phi) is 4.58. The number of hydrogen-bond acceptors (Lipinski definition) is 3. The highest BCUT2D eigenvalue weighted by molar-refractivity contribution is 4.79. The zero-order valence-corrected chi connectivity index (χ0v) is 7.79. The maximum Gasteiger partial charge on any atom is 0.0701 e. The third-order valence-electron chi connectivity index (χ3n) is 2.50. The van der Waals surface area contributed by atoms with E-state index >= 15 is 0 Å². The van der Waals surface area contributed by atoms with Gasteiger partial charge in [-0.1, -0.05) is 6.42 Å². The molecule has 0 spiro atoms. The van der Waals surface area contributed by atoms with Crippen molar-refractivity contribution < 1.29 is 9.47 Å². The average Bonchev–Trinajstić information content (AvgIpc) is 1.95. The van der Waals surface area contributed by atoms with Crippen LogP contribution in [0.25, 0.3) is 0 Å². The second kappa shape index (κ2) is 5.51. The summed E-state index contributed by atoms with van der Waals surface area (Å²) in [6.07, 6.45) is 3.92. The summed E-state index contributed by atoms with van der Waals surface area (Å²) in [5.41, 5.74) is 5.90. The second-order valence-electron chi connectivity index (χ2n) is 3.42. The number of rotatable bonds is 6. The van der Waals surface area contributed by atoms with E-state index in [0.29, 0.717) is 25.7 Å². The summed E-state index contributed by atoms with van der Waals surface area (Å²) in [5.74, 6) is 0.715. The van der Waals surface area contributed by atoms with Crippen LogP contribution in [0.2, 0.25) is 0 Å². The van der Waals surface area contributed by atoms with Crippen molar-refractivity contribution in [2.24, 2.45) is 11.7 Å². The third-order valence-corrected chi connectivity index (χ3v) is 2.50. The predicted molar refractivity (Wildman–Crippen MR) is 48.0 cm³/mol. The van der Waals surface area contributed by atoms with Gasteiger partial charge in [-0.2, -0.15) is 0 Å². The Morgan fingerprint density at radius 2 is 2.17 bits per heavy atom. The molecule has 1 rings (SSSR count). The van der Waals surface area contributed by atoms with Crippen molar-refractivity contribution in [1.29, 1.82) is 0 Å². The predicted octanol–water partition coefficient (Wildman–Crippen LogP) is 0.777. The molecule has 12 heavy (non-hydrogen) atoms. The van der Waals surface area contributed by atoms with Gasteiger partial charge < -0.3 is 15.2 Å². The Hall–Kier alpha value is -0.120. The van der Waals surface area contributed by atoms with Gasteiger partial charge in [-0.15, -0.1) is 0 Å². The smallest absolute Gasteiger partial charge is 0.0701 e. The molecule has 0 heterocycles. The van der Waals surface area contributed by atoms with Crippen molar-refractivity contribution in [2.45, 2.75) is 25.3 Å². The van der Waals surface area contributed by atoms with Crippen LogP contribution in [-0.2, 0) is 9.47 Å². The van der Waals surface area contributed by atoms with Crippen LogP contribution in [0, 0.1) is 5.92 Å². The maximum absolute atomic E-state index is 5.90. The fraction of sp³-hybridized carbons (Fsp3) is 1.00. The molecular weight excluding hydrogens is 154 g/mol. The van der Waals surface area contributed by atoms with E-state index in [4.69, 9.17) is 15.2 Å². The van der Waals surface area contributed by atoms with E-state index in [1.807, 2.05) is 0 Å². The molecule has 1 atom stereocenters. The highest BCUT2D eigenvalue weighted by Crippen LogP contribution is 2.28. The van der Waals surface area contributed by atoms with E-state index in [1.165, 1.54) is 19.3 Å². The highest BCUT2D eigenvalue weighted by Gasteiger charge is 2.23. The molecule has 0 amide bonds. The summed E-state index contributed by atoms with van der Waals surface area (Å²) in [6, 6.07) is 0.246. The largest absolute Gasteiger partial charge is 0.382 e. The summed E-state index contributed by atoms with van der Waals surface area (Å²) < 4.78 is 10.2. The van der Waals surface area contributed by atoms with Gasteiger partial charge in [-0.05, 0) is 18.8 Å². The van der Waals surface area contributed by atoms with Crippen molar-refractivity contribution in [3.05, 3.63) is 0 Å². The SMILES string of the molecule is COCCOCC(N)C1CCC1. The fourth-order valence-electron chi connectivity index (χ4n) is 1.37. The van der Waals surface area contributed by atoms with Gasteiger partial charge in [0.05, 0.1) is 19.8 Å². The first-order valence-electron chi connectivity index (χ1n) is 4.67. The summed E-state index contributed by atoms with van der Waals surface area (Å²) in [4.78, 5) is 0. The molecule has 0 aromatic rings.